The average Bonchev–Trinajstić information content (AvgIpc) is 3.17. The monoisotopic (exact) mass is 418 g/mol. The summed E-state index contributed by atoms with van der Waals surface area (Å²) in [4.78, 5) is 50.0. The highest BCUT2D eigenvalue weighted by atomic mass is 32.1. The van der Waals surface area contributed by atoms with Gasteiger partial charge in [-0.3, -0.25) is 14.4 Å². The van der Waals surface area contributed by atoms with Crippen LogP contribution in [0.3, 0.4) is 0 Å². The number of thiol groups is 1. The topological polar surface area (TPSA) is 162 Å². The molecule has 1 fully saturated rings. The molecule has 0 spiro atoms. The number of nitrogens with two attached hydrogens (primary N) is 1. The van der Waals surface area contributed by atoms with Gasteiger partial charge in [0.05, 0.1) is 12.6 Å². The number of amides is 3. The van der Waals surface area contributed by atoms with Crippen LogP contribution in [0.15, 0.2) is 0 Å². The predicted octanol–water partition coefficient (Wildman–Crippen LogP) is -1.67. The van der Waals surface area contributed by atoms with Crippen LogP contribution in [-0.4, -0.2) is 81.9 Å². The number of rotatable bonds is 10. The van der Waals surface area contributed by atoms with Gasteiger partial charge >= 0.3 is 5.97 Å². The number of aliphatic hydroxyl groups is 1. The van der Waals surface area contributed by atoms with Crippen LogP contribution in [0.4, 0.5) is 0 Å². The first-order valence-electron chi connectivity index (χ1n) is 9.29. The summed E-state index contributed by atoms with van der Waals surface area (Å²) in [6, 6.07) is -4.09. The molecule has 0 aromatic carbocycles. The maximum Gasteiger partial charge on any atom is 0.326 e. The fourth-order valence-electron chi connectivity index (χ4n) is 2.98. The lowest BCUT2D eigenvalue weighted by Crippen LogP contribution is -2.58. The molecule has 0 aromatic rings. The van der Waals surface area contributed by atoms with Crippen LogP contribution in [0, 0.1) is 5.92 Å². The second-order valence-corrected chi connectivity index (χ2v) is 7.30. The van der Waals surface area contributed by atoms with Crippen molar-refractivity contribution in [2.75, 3.05) is 18.9 Å². The number of carbonyl (C=O) groups excluding carboxylic acids is 3. The Morgan fingerprint density at radius 3 is 2.43 bits per heavy atom. The minimum Gasteiger partial charge on any atom is -0.480 e. The van der Waals surface area contributed by atoms with E-state index in [1.54, 1.807) is 6.92 Å². The normalized spacial score (nSPS) is 20.8. The minimum atomic E-state index is -1.24. The van der Waals surface area contributed by atoms with E-state index in [9.17, 15) is 29.4 Å². The van der Waals surface area contributed by atoms with Gasteiger partial charge in [-0.2, -0.15) is 12.6 Å². The number of carboxylic acid groups (broad SMARTS) is 1. The minimum absolute atomic E-state index is 0.0686. The zero-order valence-corrected chi connectivity index (χ0v) is 17.0. The molecule has 0 bridgehead atoms. The van der Waals surface area contributed by atoms with Gasteiger partial charge in [0.1, 0.15) is 18.1 Å². The molecular weight excluding hydrogens is 388 g/mol. The lowest BCUT2D eigenvalue weighted by molar-refractivity contribution is -0.146. The van der Waals surface area contributed by atoms with Crippen molar-refractivity contribution in [3.05, 3.63) is 0 Å². The Bertz CT molecular complexity index is 590. The van der Waals surface area contributed by atoms with Gasteiger partial charge in [0.25, 0.3) is 0 Å². The van der Waals surface area contributed by atoms with Gasteiger partial charge in [-0.25, -0.2) is 4.79 Å². The van der Waals surface area contributed by atoms with Crippen LogP contribution in [0.2, 0.25) is 0 Å². The van der Waals surface area contributed by atoms with Gasteiger partial charge in [-0.15, -0.1) is 0 Å². The van der Waals surface area contributed by atoms with Crippen molar-refractivity contribution in [1.82, 2.24) is 15.5 Å². The summed E-state index contributed by atoms with van der Waals surface area (Å²) in [5.41, 5.74) is 5.56. The fourth-order valence-corrected chi connectivity index (χ4v) is 3.15. The molecule has 0 radical (unpaired) electrons. The van der Waals surface area contributed by atoms with Gasteiger partial charge in [0, 0.05) is 12.3 Å². The molecule has 1 saturated heterocycles. The molecule has 11 heteroatoms. The number of hydrogen-bond acceptors (Lipinski definition) is 7. The highest BCUT2D eigenvalue weighted by molar-refractivity contribution is 7.80. The van der Waals surface area contributed by atoms with Crippen LogP contribution in [0.25, 0.3) is 0 Å². The summed E-state index contributed by atoms with van der Waals surface area (Å²) in [7, 11) is 0. The van der Waals surface area contributed by atoms with Crippen molar-refractivity contribution >= 4 is 36.3 Å². The zero-order valence-electron chi connectivity index (χ0n) is 16.1. The second-order valence-electron chi connectivity index (χ2n) is 6.93. The summed E-state index contributed by atoms with van der Waals surface area (Å²) < 4.78 is 0. The van der Waals surface area contributed by atoms with Gasteiger partial charge < -0.3 is 31.5 Å². The summed E-state index contributed by atoms with van der Waals surface area (Å²) >= 11 is 3.91. The number of aliphatic carboxylic acids is 1. The van der Waals surface area contributed by atoms with E-state index in [-0.39, 0.29) is 18.2 Å². The second kappa shape index (κ2) is 11.2. The molecule has 1 aliphatic heterocycles. The molecule has 0 saturated carbocycles. The van der Waals surface area contributed by atoms with Gasteiger partial charge in [-0.05, 0) is 18.8 Å². The Morgan fingerprint density at radius 1 is 1.29 bits per heavy atom. The molecule has 10 nitrogen and oxygen atoms in total. The molecule has 0 aliphatic carbocycles. The molecule has 5 unspecified atom stereocenters. The molecule has 1 aliphatic rings. The van der Waals surface area contributed by atoms with Crippen molar-refractivity contribution in [3.63, 3.8) is 0 Å². The zero-order chi connectivity index (χ0) is 21.4. The number of carboxylic acids is 1. The highest BCUT2D eigenvalue weighted by Crippen LogP contribution is 2.20. The largest absolute Gasteiger partial charge is 0.480 e. The average molecular weight is 419 g/mol. The van der Waals surface area contributed by atoms with E-state index in [1.165, 1.54) is 4.90 Å². The SMILES string of the molecule is CCC(C)C(NC(=O)C1CCCN1C(=O)C(CO)NC(=O)C(N)CS)C(=O)O. The van der Waals surface area contributed by atoms with E-state index in [0.717, 1.165) is 0 Å². The third-order valence-electron chi connectivity index (χ3n) is 4.95. The van der Waals surface area contributed by atoms with Crippen LogP contribution < -0.4 is 16.4 Å². The van der Waals surface area contributed by atoms with E-state index in [1.807, 2.05) is 6.92 Å². The first-order valence-corrected chi connectivity index (χ1v) is 9.92. The summed E-state index contributed by atoms with van der Waals surface area (Å²) in [6.07, 6.45) is 1.48. The predicted molar refractivity (Wildman–Crippen MR) is 105 cm³/mol. The van der Waals surface area contributed by atoms with Crippen molar-refractivity contribution < 1.29 is 29.4 Å². The number of aliphatic hydroxyl groups excluding tert-OH is 1. The summed E-state index contributed by atoms with van der Waals surface area (Å²) in [5, 5.41) is 23.7. The first kappa shape index (κ1) is 24.2. The molecular formula is C17H30N4O6S. The Balaban J connectivity index is 2.86. The van der Waals surface area contributed by atoms with Crippen LogP contribution in [-0.2, 0) is 19.2 Å². The molecule has 1 rings (SSSR count). The van der Waals surface area contributed by atoms with Crippen molar-refractivity contribution in [2.24, 2.45) is 11.7 Å². The fraction of sp³-hybridized carbons (Fsp3) is 0.765. The highest BCUT2D eigenvalue weighted by Gasteiger charge is 2.39. The molecule has 28 heavy (non-hydrogen) atoms. The van der Waals surface area contributed by atoms with E-state index in [0.29, 0.717) is 19.3 Å². The number of carbonyl (C=O) groups is 4. The smallest absolute Gasteiger partial charge is 0.326 e. The quantitative estimate of drug-likeness (QED) is 0.231. The lowest BCUT2D eigenvalue weighted by atomic mass is 9.98. The van der Waals surface area contributed by atoms with Gasteiger partial charge in [0.15, 0.2) is 0 Å². The Hall–Kier alpha value is -1.85. The molecule has 3 amide bonds. The summed E-state index contributed by atoms with van der Waals surface area (Å²) in [6.45, 7) is 3.16. The number of likely N-dealkylation sites (tertiary alicyclic amines) is 1. The van der Waals surface area contributed by atoms with E-state index >= 15 is 0 Å². The van der Waals surface area contributed by atoms with Crippen LogP contribution in [0.5, 0.6) is 0 Å². The Kier molecular flexibility index (Phi) is 9.70. The molecule has 1 heterocycles. The maximum absolute atomic E-state index is 12.7. The number of nitrogens with zero attached hydrogens (tertiary/aromatic N) is 1. The standard InChI is InChI=1S/C17H30N4O6S/c1-3-9(2)13(17(26)27)20-15(24)12-5-4-6-21(12)16(25)11(7-22)19-14(23)10(18)8-28/h9-13,22,28H,3-8,18H2,1-2H3,(H,19,23)(H,20,24)(H,26,27). The molecule has 0 aromatic heterocycles. The third kappa shape index (κ3) is 6.08. The lowest BCUT2D eigenvalue weighted by Gasteiger charge is -2.30. The molecule has 5 atom stereocenters. The van der Waals surface area contributed by atoms with Crippen LogP contribution in [0.1, 0.15) is 33.1 Å². The molecule has 160 valence electrons. The summed E-state index contributed by atoms with van der Waals surface area (Å²) in [5.74, 6) is -3.16. The van der Waals surface area contributed by atoms with E-state index in [2.05, 4.69) is 23.3 Å². The van der Waals surface area contributed by atoms with Crippen LogP contribution >= 0.6 is 12.6 Å². The Morgan fingerprint density at radius 2 is 1.93 bits per heavy atom. The van der Waals surface area contributed by atoms with Crippen molar-refractivity contribution in [2.45, 2.75) is 57.3 Å². The third-order valence-corrected chi connectivity index (χ3v) is 5.34. The van der Waals surface area contributed by atoms with Gasteiger partial charge in [0.2, 0.25) is 17.7 Å². The maximum atomic E-state index is 12.7. The Labute approximate surface area is 169 Å². The van der Waals surface area contributed by atoms with Crippen molar-refractivity contribution in [1.29, 1.82) is 0 Å². The first-order chi connectivity index (χ1) is 13.2. The number of hydrogen-bond donors (Lipinski definition) is 6. The molecule has 6 N–H and O–H groups in total. The van der Waals surface area contributed by atoms with Gasteiger partial charge in [-0.1, -0.05) is 20.3 Å². The number of nitrogens with one attached hydrogen (secondary N) is 2. The van der Waals surface area contributed by atoms with E-state index in [4.69, 9.17) is 5.73 Å². The van der Waals surface area contributed by atoms with Crippen molar-refractivity contribution in [3.8, 4) is 0 Å². The van der Waals surface area contributed by atoms with E-state index < -0.39 is 54.5 Å².